The predicted molar refractivity (Wildman–Crippen MR) is 158 cm³/mol. The van der Waals surface area contributed by atoms with Gasteiger partial charge in [-0.2, -0.15) is 4.31 Å². The van der Waals surface area contributed by atoms with Gasteiger partial charge in [0, 0.05) is 38.3 Å². The summed E-state index contributed by atoms with van der Waals surface area (Å²) in [6, 6.07) is 21.0. The number of hydrogen-bond donors (Lipinski definition) is 1. The fraction of sp³-hybridized carbons (Fsp3) is 0.333. The number of nitrogens with one attached hydrogen (secondary N) is 1. The zero-order valence-electron chi connectivity index (χ0n) is 23.3. The summed E-state index contributed by atoms with van der Waals surface area (Å²) >= 11 is 6.07. The topological polar surface area (TPSA) is 114 Å². The number of carbonyl (C=O) groups is 2. The van der Waals surface area contributed by atoms with Crippen LogP contribution in [-0.2, 0) is 35.6 Å². The lowest BCUT2D eigenvalue weighted by Crippen LogP contribution is -2.45. The van der Waals surface area contributed by atoms with Gasteiger partial charge >= 0.3 is 0 Å². The average molecular weight is 616 g/mol. The number of nitrogens with zero attached hydrogens (tertiary/aromatic N) is 2. The number of ether oxygens (including phenoxy) is 3. The molecule has 0 radical (unpaired) electrons. The van der Waals surface area contributed by atoms with Crippen molar-refractivity contribution in [3.8, 4) is 5.75 Å². The molecule has 1 heterocycles. The zero-order valence-corrected chi connectivity index (χ0v) is 24.9. The van der Waals surface area contributed by atoms with E-state index in [1.165, 1.54) is 33.5 Å². The number of benzene rings is 3. The first-order valence-electron chi connectivity index (χ1n) is 13.5. The lowest BCUT2D eigenvalue weighted by molar-refractivity contribution is -0.143. The van der Waals surface area contributed by atoms with Gasteiger partial charge in [-0.1, -0.05) is 54.1 Å². The number of carbonyl (C=O) groups excluding carboxylic acids is 2. The highest BCUT2D eigenvalue weighted by Gasteiger charge is 2.32. The highest BCUT2D eigenvalue weighted by atomic mass is 35.5. The van der Waals surface area contributed by atoms with Crippen LogP contribution in [0.3, 0.4) is 0 Å². The molecule has 1 aliphatic rings. The van der Waals surface area contributed by atoms with Gasteiger partial charge in [0.2, 0.25) is 15.9 Å². The van der Waals surface area contributed by atoms with Gasteiger partial charge in [-0.3, -0.25) is 9.59 Å². The van der Waals surface area contributed by atoms with Gasteiger partial charge in [0.15, 0.2) is 6.61 Å². The van der Waals surface area contributed by atoms with Gasteiger partial charge in [-0.15, -0.1) is 0 Å². The zero-order chi connectivity index (χ0) is 30.0. The van der Waals surface area contributed by atoms with Crippen LogP contribution in [0.15, 0.2) is 83.8 Å². The first-order chi connectivity index (χ1) is 20.3. The third kappa shape index (κ3) is 8.30. The molecule has 0 aromatic heterocycles. The van der Waals surface area contributed by atoms with E-state index in [4.69, 9.17) is 25.8 Å². The van der Waals surface area contributed by atoms with Crippen LogP contribution >= 0.6 is 11.6 Å². The minimum atomic E-state index is -3.66. The molecule has 1 atom stereocenters. The van der Waals surface area contributed by atoms with Crippen molar-refractivity contribution in [1.29, 1.82) is 0 Å². The maximum atomic E-state index is 13.7. The number of amides is 2. The summed E-state index contributed by atoms with van der Waals surface area (Å²) in [6.45, 7) is 1.62. The average Bonchev–Trinajstić information content (AvgIpc) is 3.02. The van der Waals surface area contributed by atoms with Crippen molar-refractivity contribution in [3.05, 3.63) is 95.0 Å². The molecule has 0 bridgehead atoms. The van der Waals surface area contributed by atoms with Crippen molar-refractivity contribution in [2.45, 2.75) is 17.5 Å². The summed E-state index contributed by atoms with van der Waals surface area (Å²) in [7, 11) is -2.12. The van der Waals surface area contributed by atoms with E-state index in [9.17, 15) is 18.0 Å². The SMILES string of the molecule is COCCNC(=O)[C@H](c1ccccc1)N(Cc1ccc(Cl)cc1)C(=O)COc1ccc(S(=O)(=O)N2CCOCC2)cc1. The fourth-order valence-corrected chi connectivity index (χ4v) is 6.00. The van der Waals surface area contributed by atoms with Gasteiger partial charge in [0.1, 0.15) is 11.8 Å². The number of rotatable bonds is 13. The Bertz CT molecular complexity index is 1420. The normalized spacial score (nSPS) is 14.6. The first kappa shape index (κ1) is 31.5. The highest BCUT2D eigenvalue weighted by molar-refractivity contribution is 7.89. The van der Waals surface area contributed by atoms with Crippen LogP contribution < -0.4 is 10.1 Å². The molecule has 0 unspecified atom stereocenters. The van der Waals surface area contributed by atoms with Gasteiger partial charge in [0.25, 0.3) is 5.91 Å². The Hall–Kier alpha value is -3.48. The molecule has 0 spiro atoms. The van der Waals surface area contributed by atoms with Gasteiger partial charge in [-0.25, -0.2) is 8.42 Å². The summed E-state index contributed by atoms with van der Waals surface area (Å²) < 4.78 is 43.4. The molecule has 1 saturated heterocycles. The van der Waals surface area contributed by atoms with E-state index in [0.717, 1.165) is 5.56 Å². The number of morpholine rings is 1. The number of halogens is 1. The Morgan fingerprint density at radius 3 is 2.31 bits per heavy atom. The largest absolute Gasteiger partial charge is 0.484 e. The van der Waals surface area contributed by atoms with Crippen LogP contribution in [0.1, 0.15) is 17.2 Å². The van der Waals surface area contributed by atoms with Crippen molar-refractivity contribution < 1.29 is 32.2 Å². The van der Waals surface area contributed by atoms with Crippen molar-refractivity contribution in [2.24, 2.45) is 0 Å². The van der Waals surface area contributed by atoms with E-state index < -0.39 is 22.0 Å². The summed E-state index contributed by atoms with van der Waals surface area (Å²) in [5, 5.41) is 3.40. The van der Waals surface area contributed by atoms with Gasteiger partial charge in [-0.05, 0) is 47.5 Å². The van der Waals surface area contributed by atoms with Crippen LogP contribution in [0.5, 0.6) is 5.75 Å². The number of sulfonamides is 1. The predicted octanol–water partition coefficient (Wildman–Crippen LogP) is 3.27. The summed E-state index contributed by atoms with van der Waals surface area (Å²) in [5.41, 5.74) is 1.41. The van der Waals surface area contributed by atoms with Crippen molar-refractivity contribution in [1.82, 2.24) is 14.5 Å². The van der Waals surface area contributed by atoms with Crippen LogP contribution in [0, 0.1) is 0 Å². The smallest absolute Gasteiger partial charge is 0.261 e. The molecule has 2 amide bonds. The maximum Gasteiger partial charge on any atom is 0.261 e. The standard InChI is InChI=1S/C30H34ClN3O7S/c1-39-18-15-32-30(36)29(24-5-3-2-4-6-24)34(21-23-7-9-25(31)10-8-23)28(35)22-41-26-11-13-27(14-12-26)42(37,38)33-16-19-40-20-17-33/h2-14,29H,15-22H2,1H3,(H,32,36)/t29-/m0/s1. The Balaban J connectivity index is 1.54. The second-order valence-corrected chi connectivity index (χ2v) is 11.9. The molecule has 0 saturated carbocycles. The quantitative estimate of drug-likeness (QED) is 0.294. The third-order valence-electron chi connectivity index (χ3n) is 6.66. The third-order valence-corrected chi connectivity index (χ3v) is 8.83. The van der Waals surface area contributed by atoms with Crippen molar-refractivity contribution >= 4 is 33.4 Å². The van der Waals surface area contributed by atoms with Crippen LogP contribution in [0.25, 0.3) is 0 Å². The lowest BCUT2D eigenvalue weighted by atomic mass is 10.0. The molecular formula is C30H34ClN3O7S. The highest BCUT2D eigenvalue weighted by Crippen LogP contribution is 2.26. The Kier molecular flexibility index (Phi) is 11.3. The molecule has 3 aromatic rings. The number of methoxy groups -OCH3 is 1. The molecular weight excluding hydrogens is 582 g/mol. The van der Waals surface area contributed by atoms with Gasteiger partial charge in [0.05, 0.1) is 24.7 Å². The van der Waals surface area contributed by atoms with Crippen LogP contribution in [0.4, 0.5) is 0 Å². The molecule has 4 rings (SSSR count). The molecule has 1 N–H and O–H groups in total. The molecule has 1 aliphatic heterocycles. The van der Waals surface area contributed by atoms with Gasteiger partial charge < -0.3 is 24.4 Å². The Labute approximate surface area is 251 Å². The Morgan fingerprint density at radius 1 is 1.00 bits per heavy atom. The lowest BCUT2D eigenvalue weighted by Gasteiger charge is -2.31. The van der Waals surface area contributed by atoms with E-state index in [1.807, 2.05) is 6.07 Å². The van der Waals surface area contributed by atoms with E-state index in [2.05, 4.69) is 5.32 Å². The molecule has 3 aromatic carbocycles. The number of hydrogen-bond acceptors (Lipinski definition) is 7. The Morgan fingerprint density at radius 2 is 1.67 bits per heavy atom. The molecule has 42 heavy (non-hydrogen) atoms. The second kappa shape index (κ2) is 15.1. The minimum Gasteiger partial charge on any atom is -0.484 e. The molecule has 0 aliphatic carbocycles. The molecule has 12 heteroatoms. The summed E-state index contributed by atoms with van der Waals surface area (Å²) in [4.78, 5) is 28.8. The monoisotopic (exact) mass is 615 g/mol. The fourth-order valence-electron chi connectivity index (χ4n) is 4.46. The molecule has 1 fully saturated rings. The maximum absolute atomic E-state index is 13.7. The minimum absolute atomic E-state index is 0.118. The van der Waals surface area contributed by atoms with E-state index in [0.29, 0.717) is 49.2 Å². The summed E-state index contributed by atoms with van der Waals surface area (Å²) in [6.07, 6.45) is 0. The van der Waals surface area contributed by atoms with Crippen molar-refractivity contribution in [3.63, 3.8) is 0 Å². The van der Waals surface area contributed by atoms with Crippen molar-refractivity contribution in [2.75, 3.05) is 53.2 Å². The van der Waals surface area contributed by atoms with E-state index in [1.54, 1.807) is 55.6 Å². The molecule has 10 nitrogen and oxygen atoms in total. The first-order valence-corrected chi connectivity index (χ1v) is 15.3. The van der Waals surface area contributed by atoms with Crippen LogP contribution in [-0.4, -0.2) is 82.6 Å². The van der Waals surface area contributed by atoms with E-state index >= 15 is 0 Å². The van der Waals surface area contributed by atoms with Crippen LogP contribution in [0.2, 0.25) is 5.02 Å². The summed E-state index contributed by atoms with van der Waals surface area (Å²) in [5.74, 6) is -0.486. The van der Waals surface area contributed by atoms with E-state index in [-0.39, 0.29) is 30.5 Å². The molecule has 224 valence electrons. The second-order valence-electron chi connectivity index (χ2n) is 9.52.